The van der Waals surface area contributed by atoms with E-state index in [2.05, 4.69) is 45.7 Å². The van der Waals surface area contributed by atoms with Gasteiger partial charge in [-0.15, -0.1) is 0 Å². The minimum absolute atomic E-state index is 0.753. The van der Waals surface area contributed by atoms with Gasteiger partial charge in [-0.1, -0.05) is 29.3 Å². The topological polar surface area (TPSA) is 42.1 Å². The Kier molecular flexibility index (Phi) is 4.64. The molecule has 2 rings (SSSR count). The van der Waals surface area contributed by atoms with Gasteiger partial charge < -0.3 is 10.6 Å². The molecule has 0 aliphatic rings. The molecule has 4 heteroatoms. The smallest absolute Gasteiger partial charge is 0.0745 e. The number of nitrogen functional groups attached to an aromatic ring is 1. The third kappa shape index (κ3) is 3.00. The van der Waals surface area contributed by atoms with Crippen molar-refractivity contribution in [1.29, 1.82) is 0 Å². The summed E-state index contributed by atoms with van der Waals surface area (Å²) in [6, 6.07) is 6.14. The lowest BCUT2D eigenvalue weighted by molar-refractivity contribution is 0.734. The number of unbranched alkanes of at least 4 members (excludes halogenated alkanes) is 1. The van der Waals surface area contributed by atoms with E-state index in [1.165, 1.54) is 12.8 Å². The van der Waals surface area contributed by atoms with Gasteiger partial charge in [-0.25, -0.2) is 0 Å². The predicted octanol–water partition coefficient (Wildman–Crippen LogP) is 4.21. The molecule has 1 aromatic carbocycles. The number of rotatable bonds is 5. The number of fused-ring (bicyclic) bond motifs is 1. The van der Waals surface area contributed by atoms with Gasteiger partial charge in [0.15, 0.2) is 0 Å². The Hall–Kier alpha value is -1.29. The van der Waals surface area contributed by atoms with Crippen LogP contribution in [0.2, 0.25) is 0 Å². The molecule has 0 fully saturated rings. The molecule has 0 spiro atoms. The average Bonchev–Trinajstić information content (AvgIpc) is 2.41. The van der Waals surface area contributed by atoms with E-state index in [1.807, 2.05) is 12.1 Å². The van der Waals surface area contributed by atoms with E-state index in [9.17, 15) is 0 Å². The van der Waals surface area contributed by atoms with Crippen LogP contribution in [0.3, 0.4) is 0 Å². The maximum Gasteiger partial charge on any atom is 0.0745 e. The molecular weight excluding hydrogens is 302 g/mol. The van der Waals surface area contributed by atoms with Gasteiger partial charge in [-0.05, 0) is 31.5 Å². The van der Waals surface area contributed by atoms with Gasteiger partial charge >= 0.3 is 0 Å². The number of halogens is 1. The molecule has 0 aliphatic carbocycles. The first-order valence-corrected chi connectivity index (χ1v) is 7.55. The SMILES string of the molecule is CCCCN(CC)c1c(N)cnc2ccc(Br)cc12. The largest absolute Gasteiger partial charge is 0.396 e. The van der Waals surface area contributed by atoms with Crippen molar-refractivity contribution in [3.63, 3.8) is 0 Å². The maximum atomic E-state index is 6.17. The number of pyridine rings is 1. The minimum atomic E-state index is 0.753. The Morgan fingerprint density at radius 2 is 2.11 bits per heavy atom. The van der Waals surface area contributed by atoms with Crippen molar-refractivity contribution < 1.29 is 0 Å². The fraction of sp³-hybridized carbons (Fsp3) is 0.400. The van der Waals surface area contributed by atoms with Gasteiger partial charge in [0.05, 0.1) is 23.1 Å². The standard InChI is InChI=1S/C15H20BrN3/c1-3-5-8-19(4-2)15-12-9-11(16)6-7-14(12)18-10-13(15)17/h6-7,9-10H,3-5,8,17H2,1-2H3. The zero-order valence-electron chi connectivity index (χ0n) is 11.5. The van der Waals surface area contributed by atoms with Crippen molar-refractivity contribution in [3.8, 4) is 0 Å². The van der Waals surface area contributed by atoms with Crippen LogP contribution in [0.1, 0.15) is 26.7 Å². The van der Waals surface area contributed by atoms with Gasteiger partial charge in [0.2, 0.25) is 0 Å². The molecule has 1 aromatic heterocycles. The molecular formula is C15H20BrN3. The van der Waals surface area contributed by atoms with Crippen LogP contribution < -0.4 is 10.6 Å². The van der Waals surface area contributed by atoms with Crippen LogP contribution in [-0.4, -0.2) is 18.1 Å². The van der Waals surface area contributed by atoms with Gasteiger partial charge in [0, 0.05) is 22.9 Å². The maximum absolute atomic E-state index is 6.17. The predicted molar refractivity (Wildman–Crippen MR) is 86.7 cm³/mol. The van der Waals surface area contributed by atoms with Gasteiger partial charge in [-0.2, -0.15) is 0 Å². The molecule has 3 nitrogen and oxygen atoms in total. The van der Waals surface area contributed by atoms with E-state index in [4.69, 9.17) is 5.73 Å². The van der Waals surface area contributed by atoms with E-state index >= 15 is 0 Å². The first-order valence-electron chi connectivity index (χ1n) is 6.76. The van der Waals surface area contributed by atoms with E-state index in [0.717, 1.165) is 39.8 Å². The monoisotopic (exact) mass is 321 g/mol. The molecule has 0 bridgehead atoms. The fourth-order valence-corrected chi connectivity index (χ4v) is 2.66. The van der Waals surface area contributed by atoms with Crippen LogP contribution in [0.25, 0.3) is 10.9 Å². The molecule has 19 heavy (non-hydrogen) atoms. The van der Waals surface area contributed by atoms with Crippen molar-refractivity contribution in [3.05, 3.63) is 28.9 Å². The number of nitrogens with zero attached hydrogens (tertiary/aromatic N) is 2. The molecule has 2 aromatic rings. The summed E-state index contributed by atoms with van der Waals surface area (Å²) in [5.74, 6) is 0. The molecule has 2 N–H and O–H groups in total. The fourth-order valence-electron chi connectivity index (χ4n) is 2.30. The lowest BCUT2D eigenvalue weighted by Crippen LogP contribution is -2.25. The summed E-state index contributed by atoms with van der Waals surface area (Å²) in [5.41, 5.74) is 9.02. The third-order valence-corrected chi connectivity index (χ3v) is 3.80. The van der Waals surface area contributed by atoms with E-state index < -0.39 is 0 Å². The number of hydrogen-bond acceptors (Lipinski definition) is 3. The summed E-state index contributed by atoms with van der Waals surface area (Å²) in [5, 5.41) is 1.12. The highest BCUT2D eigenvalue weighted by atomic mass is 79.9. The Labute approximate surface area is 122 Å². The molecule has 1 heterocycles. The number of benzene rings is 1. The summed E-state index contributed by atoms with van der Waals surface area (Å²) in [4.78, 5) is 6.75. The average molecular weight is 322 g/mol. The highest BCUT2D eigenvalue weighted by molar-refractivity contribution is 9.10. The normalized spacial score (nSPS) is 10.9. The second-order valence-electron chi connectivity index (χ2n) is 4.66. The highest BCUT2D eigenvalue weighted by Gasteiger charge is 2.13. The zero-order chi connectivity index (χ0) is 13.8. The first-order chi connectivity index (χ1) is 9.17. The molecule has 0 aliphatic heterocycles. The van der Waals surface area contributed by atoms with Crippen molar-refractivity contribution in [2.75, 3.05) is 23.7 Å². The molecule has 0 saturated carbocycles. The quantitative estimate of drug-likeness (QED) is 0.897. The number of aromatic nitrogens is 1. The Balaban J connectivity index is 2.55. The minimum Gasteiger partial charge on any atom is -0.396 e. The van der Waals surface area contributed by atoms with Crippen LogP contribution in [0.15, 0.2) is 28.9 Å². The number of anilines is 2. The third-order valence-electron chi connectivity index (χ3n) is 3.31. The Morgan fingerprint density at radius 3 is 2.79 bits per heavy atom. The molecule has 0 unspecified atom stereocenters. The molecule has 0 radical (unpaired) electrons. The molecule has 0 atom stereocenters. The van der Waals surface area contributed by atoms with Crippen molar-refractivity contribution in [1.82, 2.24) is 4.98 Å². The van der Waals surface area contributed by atoms with Crippen LogP contribution in [-0.2, 0) is 0 Å². The van der Waals surface area contributed by atoms with Crippen molar-refractivity contribution >= 4 is 38.2 Å². The summed E-state index contributed by atoms with van der Waals surface area (Å²) in [6.45, 7) is 6.36. The van der Waals surface area contributed by atoms with Gasteiger partial charge in [0.25, 0.3) is 0 Å². The Bertz CT molecular complexity index is 563. The lowest BCUT2D eigenvalue weighted by Gasteiger charge is -2.26. The van der Waals surface area contributed by atoms with Crippen molar-refractivity contribution in [2.45, 2.75) is 26.7 Å². The van der Waals surface area contributed by atoms with Gasteiger partial charge in [0.1, 0.15) is 0 Å². The summed E-state index contributed by atoms with van der Waals surface area (Å²) in [7, 11) is 0. The van der Waals surface area contributed by atoms with Crippen LogP contribution >= 0.6 is 15.9 Å². The molecule has 0 saturated heterocycles. The van der Waals surface area contributed by atoms with Crippen LogP contribution in [0, 0.1) is 0 Å². The zero-order valence-corrected chi connectivity index (χ0v) is 13.1. The van der Waals surface area contributed by atoms with Gasteiger partial charge in [-0.3, -0.25) is 4.98 Å². The summed E-state index contributed by atoms with van der Waals surface area (Å²) in [6.07, 6.45) is 4.12. The molecule has 0 amide bonds. The lowest BCUT2D eigenvalue weighted by atomic mass is 10.1. The second kappa shape index (κ2) is 6.24. The van der Waals surface area contributed by atoms with Crippen LogP contribution in [0.4, 0.5) is 11.4 Å². The Morgan fingerprint density at radius 1 is 1.32 bits per heavy atom. The second-order valence-corrected chi connectivity index (χ2v) is 5.57. The van der Waals surface area contributed by atoms with E-state index in [1.54, 1.807) is 6.20 Å². The van der Waals surface area contributed by atoms with Crippen LogP contribution in [0.5, 0.6) is 0 Å². The van der Waals surface area contributed by atoms with E-state index in [0.29, 0.717) is 0 Å². The highest BCUT2D eigenvalue weighted by Crippen LogP contribution is 2.33. The summed E-state index contributed by atoms with van der Waals surface area (Å²) < 4.78 is 1.06. The number of hydrogen-bond donors (Lipinski definition) is 1. The van der Waals surface area contributed by atoms with Crippen molar-refractivity contribution in [2.24, 2.45) is 0 Å². The first kappa shape index (κ1) is 14.1. The number of nitrogens with two attached hydrogens (primary N) is 1. The summed E-state index contributed by atoms with van der Waals surface area (Å²) >= 11 is 3.53. The van der Waals surface area contributed by atoms with E-state index in [-0.39, 0.29) is 0 Å². The molecule has 102 valence electrons.